The number of amides is 1. The number of hydrogen-bond donors (Lipinski definition) is 3. The zero-order chi connectivity index (χ0) is 31.4. The van der Waals surface area contributed by atoms with E-state index in [1.807, 2.05) is 30.3 Å². The van der Waals surface area contributed by atoms with Crippen LogP contribution in [0.2, 0.25) is 0 Å². The Bertz CT molecular complexity index is 1470. The van der Waals surface area contributed by atoms with Crippen molar-refractivity contribution in [3.63, 3.8) is 0 Å². The highest BCUT2D eigenvalue weighted by Crippen LogP contribution is 2.21. The molecule has 1 amide bonds. The molecule has 1 atom stereocenters. The number of rotatable bonds is 13. The minimum absolute atomic E-state index is 0.193. The van der Waals surface area contributed by atoms with Gasteiger partial charge in [-0.05, 0) is 48.4 Å². The summed E-state index contributed by atoms with van der Waals surface area (Å²) in [5.74, 6) is 4.61. The van der Waals surface area contributed by atoms with Crippen LogP contribution in [0, 0.1) is 29.1 Å². The van der Waals surface area contributed by atoms with Gasteiger partial charge in [0, 0.05) is 56.6 Å². The average molecular weight is 612 g/mol. The van der Waals surface area contributed by atoms with Crippen LogP contribution in [0.4, 0.5) is 5.69 Å². The van der Waals surface area contributed by atoms with Crippen molar-refractivity contribution in [1.82, 2.24) is 14.3 Å². The van der Waals surface area contributed by atoms with E-state index in [2.05, 4.69) is 26.8 Å². The predicted octanol–water partition coefficient (Wildman–Crippen LogP) is 1.82. The molecule has 0 spiro atoms. The molecule has 2 aromatic carbocycles. The van der Waals surface area contributed by atoms with Gasteiger partial charge in [-0.1, -0.05) is 25.7 Å². The lowest BCUT2D eigenvalue weighted by Gasteiger charge is -2.36. The van der Waals surface area contributed by atoms with E-state index in [-0.39, 0.29) is 38.6 Å². The summed E-state index contributed by atoms with van der Waals surface area (Å²) >= 11 is 0. The lowest BCUT2D eigenvalue weighted by Crippen LogP contribution is -2.55. The molecule has 1 aliphatic rings. The van der Waals surface area contributed by atoms with Crippen molar-refractivity contribution in [2.45, 2.75) is 26.3 Å². The highest BCUT2D eigenvalue weighted by atomic mass is 32.2. The maximum atomic E-state index is 12.7. The number of anilines is 1. The number of hydrogen-bond acceptors (Lipinski definition) is 8. The lowest BCUT2D eigenvalue weighted by atomic mass is 10.1. The summed E-state index contributed by atoms with van der Waals surface area (Å²) in [6.45, 7) is 5.51. The van der Waals surface area contributed by atoms with Crippen molar-refractivity contribution >= 4 is 27.8 Å². The second-order valence-electron chi connectivity index (χ2n) is 10.1. The molecule has 230 valence electrons. The Morgan fingerprint density at radius 2 is 1.67 bits per heavy atom. The second-order valence-corrected chi connectivity index (χ2v) is 11.8. The number of carbonyl (C=O) groups excluding carboxylic acids is 1. The fraction of sp³-hybridized carbons (Fsp3) is 0.433. The van der Waals surface area contributed by atoms with Gasteiger partial charge < -0.3 is 24.8 Å². The van der Waals surface area contributed by atoms with Crippen molar-refractivity contribution in [2.24, 2.45) is 5.92 Å². The maximum Gasteiger partial charge on any atom is 0.322 e. The second kappa shape index (κ2) is 15.9. The van der Waals surface area contributed by atoms with E-state index in [0.29, 0.717) is 36.6 Å². The van der Waals surface area contributed by atoms with Crippen LogP contribution in [0.25, 0.3) is 0 Å². The highest BCUT2D eigenvalue weighted by Gasteiger charge is 2.33. The zero-order valence-electron chi connectivity index (χ0n) is 24.5. The molecule has 43 heavy (non-hydrogen) atoms. The van der Waals surface area contributed by atoms with Gasteiger partial charge in [-0.2, -0.15) is 22.7 Å². The number of aliphatic carboxylic acids is 1. The molecule has 0 aromatic heterocycles. The Labute approximate surface area is 252 Å². The van der Waals surface area contributed by atoms with Crippen molar-refractivity contribution in [3.8, 4) is 23.7 Å². The van der Waals surface area contributed by atoms with E-state index in [1.165, 1.54) is 4.31 Å². The number of nitrogens with one attached hydrogen (secondary N) is 2. The lowest BCUT2D eigenvalue weighted by molar-refractivity contribution is -0.140. The number of ether oxygens (including phenoxy) is 2. The Morgan fingerprint density at radius 1 is 1.02 bits per heavy atom. The fourth-order valence-electron chi connectivity index (χ4n) is 4.27. The molecule has 1 saturated heterocycles. The minimum Gasteiger partial charge on any atom is -0.490 e. The topological polar surface area (TPSA) is 161 Å². The van der Waals surface area contributed by atoms with E-state index in [1.54, 1.807) is 39.2 Å². The number of nitrogens with zero attached hydrogens (tertiary/aromatic N) is 3. The number of benzene rings is 2. The number of piperazine rings is 1. The van der Waals surface area contributed by atoms with Crippen LogP contribution in [-0.2, 0) is 19.7 Å². The van der Waals surface area contributed by atoms with Gasteiger partial charge in [0.15, 0.2) is 0 Å². The molecule has 2 aromatic rings. The Morgan fingerprint density at radius 3 is 2.28 bits per heavy atom. The molecule has 0 aliphatic carbocycles. The number of carbonyl (C=O) groups is 2. The first-order chi connectivity index (χ1) is 20.6. The summed E-state index contributed by atoms with van der Waals surface area (Å²) < 4.78 is 39.8. The van der Waals surface area contributed by atoms with Gasteiger partial charge in [-0.15, -0.1) is 0 Å². The van der Waals surface area contributed by atoms with Crippen LogP contribution in [0.5, 0.6) is 5.75 Å². The van der Waals surface area contributed by atoms with E-state index in [9.17, 15) is 23.1 Å². The molecule has 3 rings (SSSR count). The Kier molecular flexibility index (Phi) is 12.3. The molecular formula is C30H37N5O7S. The van der Waals surface area contributed by atoms with E-state index in [0.717, 1.165) is 11.3 Å². The molecule has 3 N–H and O–H groups in total. The average Bonchev–Trinajstić information content (AvgIpc) is 2.99. The Balaban J connectivity index is 1.65. The molecule has 13 heteroatoms. The van der Waals surface area contributed by atoms with Crippen LogP contribution >= 0.6 is 0 Å². The molecule has 0 bridgehead atoms. The van der Waals surface area contributed by atoms with Crippen molar-refractivity contribution in [2.75, 3.05) is 57.9 Å². The SMILES string of the molecule is COCCOc1ccc(C#Cc2ccc(N3CCN(S(=O)(=O)N[C@@H](C(=O)O)C(C)C)CC3)cc2)cc1C(=O)NCCC#N. The first-order valence-corrected chi connectivity index (χ1v) is 15.3. The third kappa shape index (κ3) is 9.70. The summed E-state index contributed by atoms with van der Waals surface area (Å²) in [5.41, 5.74) is 2.59. The standard InChI is InChI=1S/C30H37N5O7S/c1-22(2)28(30(37)38)33-43(39,40)35-17-15-34(16-18-35)25-10-7-23(8-11-25)5-6-24-9-12-27(42-20-19-41-3)26(21-24)29(36)32-14-4-13-31/h7-12,21-22,28,33H,4,14-20H2,1-3H3,(H,32,36)(H,37,38)/t28-/m1/s1. The third-order valence-electron chi connectivity index (χ3n) is 6.66. The van der Waals surface area contributed by atoms with Crippen LogP contribution in [0.3, 0.4) is 0 Å². The number of methoxy groups -OCH3 is 1. The van der Waals surface area contributed by atoms with Gasteiger partial charge in [-0.3, -0.25) is 9.59 Å². The molecule has 1 aliphatic heterocycles. The van der Waals surface area contributed by atoms with Crippen LogP contribution in [-0.4, -0.2) is 88.8 Å². The van der Waals surface area contributed by atoms with Gasteiger partial charge in [0.2, 0.25) is 0 Å². The summed E-state index contributed by atoms with van der Waals surface area (Å²) in [5, 5.41) is 20.8. The van der Waals surface area contributed by atoms with Crippen molar-refractivity contribution in [1.29, 1.82) is 5.26 Å². The van der Waals surface area contributed by atoms with E-state index in [4.69, 9.17) is 14.7 Å². The third-order valence-corrected chi connectivity index (χ3v) is 8.26. The van der Waals surface area contributed by atoms with Crippen molar-refractivity contribution in [3.05, 3.63) is 59.2 Å². The molecular weight excluding hydrogens is 574 g/mol. The predicted molar refractivity (Wildman–Crippen MR) is 161 cm³/mol. The molecule has 0 saturated carbocycles. The van der Waals surface area contributed by atoms with Gasteiger partial charge in [0.25, 0.3) is 16.1 Å². The number of carboxylic acids is 1. The normalized spacial score (nSPS) is 14.3. The van der Waals surface area contributed by atoms with Gasteiger partial charge in [0.1, 0.15) is 18.4 Å². The summed E-state index contributed by atoms with van der Waals surface area (Å²) in [6.07, 6.45) is 0.193. The number of carboxylic acid groups (broad SMARTS) is 1. The molecule has 1 heterocycles. The first-order valence-electron chi connectivity index (χ1n) is 13.8. The molecule has 0 radical (unpaired) electrons. The van der Waals surface area contributed by atoms with Crippen LogP contribution in [0.1, 0.15) is 41.8 Å². The monoisotopic (exact) mass is 611 g/mol. The molecule has 12 nitrogen and oxygen atoms in total. The smallest absolute Gasteiger partial charge is 0.322 e. The Hall–Kier alpha value is -4.14. The molecule has 1 fully saturated rings. The van der Waals surface area contributed by atoms with Gasteiger partial charge >= 0.3 is 5.97 Å². The number of nitriles is 1. The van der Waals surface area contributed by atoms with Crippen LogP contribution in [0.15, 0.2) is 42.5 Å². The van der Waals surface area contributed by atoms with Gasteiger partial charge in [0.05, 0.1) is 24.7 Å². The largest absolute Gasteiger partial charge is 0.490 e. The summed E-state index contributed by atoms with van der Waals surface area (Å²) in [4.78, 5) is 26.2. The maximum absolute atomic E-state index is 12.7. The summed E-state index contributed by atoms with van der Waals surface area (Å²) in [6, 6.07) is 13.4. The minimum atomic E-state index is -3.94. The van der Waals surface area contributed by atoms with Gasteiger partial charge in [-0.25, -0.2) is 0 Å². The zero-order valence-corrected chi connectivity index (χ0v) is 25.3. The highest BCUT2D eigenvalue weighted by molar-refractivity contribution is 7.87. The van der Waals surface area contributed by atoms with Crippen LogP contribution < -0.4 is 19.7 Å². The summed E-state index contributed by atoms with van der Waals surface area (Å²) in [7, 11) is -2.38. The van der Waals surface area contributed by atoms with Crippen molar-refractivity contribution < 1.29 is 32.6 Å². The first kappa shape index (κ1) is 33.4. The van der Waals surface area contributed by atoms with E-state index >= 15 is 0 Å². The molecule has 0 unspecified atom stereocenters. The fourth-order valence-corrected chi connectivity index (χ4v) is 5.75. The quantitative estimate of drug-likeness (QED) is 0.227. The van der Waals surface area contributed by atoms with E-state index < -0.39 is 28.1 Å².